The van der Waals surface area contributed by atoms with Crippen LogP contribution in [-0.2, 0) is 9.53 Å². The minimum Gasteiger partial charge on any atom is -1.00 e. The zero-order valence-corrected chi connectivity index (χ0v) is 20.5. The van der Waals surface area contributed by atoms with Crippen LogP contribution in [0.25, 0.3) is 0 Å². The Hall–Kier alpha value is 0.430. The first-order valence-corrected chi connectivity index (χ1v) is 11.7. The van der Waals surface area contributed by atoms with Crippen LogP contribution in [0.2, 0.25) is 0 Å². The van der Waals surface area contributed by atoms with E-state index in [1.807, 2.05) is 0 Å². The fourth-order valence-corrected chi connectivity index (χ4v) is 3.81. The van der Waals surface area contributed by atoms with E-state index in [1.165, 1.54) is 96.3 Å². The number of carbonyl (C=O) groups excluding carboxylic acids is 1. The van der Waals surface area contributed by atoms with Crippen LogP contribution in [0.15, 0.2) is 0 Å². The van der Waals surface area contributed by atoms with E-state index >= 15 is 0 Å². The fraction of sp³-hybridized carbons (Fsp3) is 0.957. The summed E-state index contributed by atoms with van der Waals surface area (Å²) in [7, 11) is 0. The predicted molar refractivity (Wildman–Crippen MR) is 113 cm³/mol. The van der Waals surface area contributed by atoms with Crippen LogP contribution in [0, 0.1) is 0 Å². The molecule has 0 aliphatic carbocycles. The molecule has 1 aliphatic heterocycles. The van der Waals surface area contributed by atoms with E-state index in [0.29, 0.717) is 6.61 Å². The Morgan fingerprint density at radius 1 is 0.815 bits per heavy atom. The van der Waals surface area contributed by atoms with Crippen LogP contribution in [-0.4, -0.2) is 25.2 Å². The van der Waals surface area contributed by atoms with Gasteiger partial charge >= 0.3 is 35.5 Å². The SMILES string of the molecule is CCCCCCCCCCCCCCCCCCOC(=O)[C@@H]1CCCN1.[H-].[Na+]. The Kier molecular flexibility index (Phi) is 21.5. The molecule has 3 nitrogen and oxygen atoms in total. The van der Waals surface area contributed by atoms with E-state index < -0.39 is 0 Å². The van der Waals surface area contributed by atoms with Gasteiger partial charge in [-0.3, -0.25) is 4.79 Å². The van der Waals surface area contributed by atoms with Crippen LogP contribution in [0.3, 0.4) is 0 Å². The number of hydrogen-bond acceptors (Lipinski definition) is 3. The van der Waals surface area contributed by atoms with Gasteiger partial charge in [0, 0.05) is 0 Å². The molecule has 1 rings (SSSR count). The standard InChI is InChI=1S/C23H45NO2.Na.H/c1-2-3-4-5-6-7-8-9-10-11-12-13-14-15-16-17-21-26-23(25)22-19-18-20-24-22;;/h22,24H,2-21H2,1H3;;/q;+1;-1/t22-;;/m0../s1. The van der Waals surface area contributed by atoms with Crippen molar-refractivity contribution in [2.24, 2.45) is 0 Å². The minimum atomic E-state index is -0.0385. The Morgan fingerprint density at radius 2 is 1.26 bits per heavy atom. The molecule has 1 fully saturated rings. The van der Waals surface area contributed by atoms with Gasteiger partial charge < -0.3 is 11.5 Å². The summed E-state index contributed by atoms with van der Waals surface area (Å²) in [4.78, 5) is 11.7. The normalized spacial score (nSPS) is 16.3. The molecule has 1 aliphatic rings. The Labute approximate surface area is 192 Å². The van der Waals surface area contributed by atoms with Crippen LogP contribution in [0.5, 0.6) is 0 Å². The number of unbranched alkanes of at least 4 members (excludes halogenated alkanes) is 15. The Balaban J connectivity index is 0. The first-order chi connectivity index (χ1) is 12.8. The Bertz CT molecular complexity index is 326. The molecule has 1 N–H and O–H groups in total. The number of nitrogens with one attached hydrogen (secondary N) is 1. The predicted octanol–water partition coefficient (Wildman–Crippen LogP) is 3.66. The average Bonchev–Trinajstić information content (AvgIpc) is 3.19. The molecule has 0 aromatic carbocycles. The van der Waals surface area contributed by atoms with Crippen molar-refractivity contribution in [3.05, 3.63) is 0 Å². The third kappa shape index (κ3) is 17.0. The topological polar surface area (TPSA) is 38.3 Å². The molecule has 0 spiro atoms. The third-order valence-electron chi connectivity index (χ3n) is 5.59. The summed E-state index contributed by atoms with van der Waals surface area (Å²) in [5.74, 6) is -0.0385. The monoisotopic (exact) mass is 391 g/mol. The van der Waals surface area contributed by atoms with Gasteiger partial charge in [-0.05, 0) is 25.8 Å². The zero-order valence-electron chi connectivity index (χ0n) is 19.5. The number of hydrogen-bond donors (Lipinski definition) is 1. The largest absolute Gasteiger partial charge is 1.00 e. The van der Waals surface area contributed by atoms with Gasteiger partial charge in [-0.15, -0.1) is 0 Å². The minimum absolute atomic E-state index is 0. The molecule has 156 valence electrons. The molecule has 0 amide bonds. The van der Waals surface area contributed by atoms with Gasteiger partial charge in [-0.25, -0.2) is 0 Å². The molecule has 0 aromatic rings. The molecular formula is C23H46NNaO2. The van der Waals surface area contributed by atoms with Gasteiger partial charge in [0.15, 0.2) is 0 Å². The van der Waals surface area contributed by atoms with E-state index in [1.54, 1.807) is 0 Å². The first-order valence-electron chi connectivity index (χ1n) is 11.7. The second-order valence-electron chi connectivity index (χ2n) is 8.12. The molecular weight excluding hydrogens is 345 g/mol. The summed E-state index contributed by atoms with van der Waals surface area (Å²) < 4.78 is 5.34. The number of esters is 1. The van der Waals surface area contributed by atoms with Crippen molar-refractivity contribution >= 4 is 5.97 Å². The number of rotatable bonds is 18. The van der Waals surface area contributed by atoms with E-state index in [4.69, 9.17) is 4.74 Å². The van der Waals surface area contributed by atoms with Gasteiger partial charge in [0.2, 0.25) is 0 Å². The van der Waals surface area contributed by atoms with Gasteiger partial charge in [0.05, 0.1) is 6.61 Å². The second kappa shape index (κ2) is 21.1. The van der Waals surface area contributed by atoms with Crippen LogP contribution < -0.4 is 34.9 Å². The van der Waals surface area contributed by atoms with Crippen LogP contribution in [0.1, 0.15) is 124 Å². The smallest absolute Gasteiger partial charge is 1.00 e. The van der Waals surface area contributed by atoms with E-state index in [-0.39, 0.29) is 43.0 Å². The molecule has 1 atom stereocenters. The third-order valence-corrected chi connectivity index (χ3v) is 5.59. The molecule has 1 saturated heterocycles. The molecule has 27 heavy (non-hydrogen) atoms. The molecule has 1 heterocycles. The van der Waals surface area contributed by atoms with Crippen molar-refractivity contribution in [1.82, 2.24) is 5.32 Å². The van der Waals surface area contributed by atoms with Gasteiger partial charge in [0.1, 0.15) is 6.04 Å². The first kappa shape index (κ1) is 27.4. The molecule has 4 heteroatoms. The molecule has 0 radical (unpaired) electrons. The molecule has 0 saturated carbocycles. The van der Waals surface area contributed by atoms with E-state index in [9.17, 15) is 4.79 Å². The van der Waals surface area contributed by atoms with E-state index in [0.717, 1.165) is 25.8 Å². The summed E-state index contributed by atoms with van der Waals surface area (Å²) >= 11 is 0. The van der Waals surface area contributed by atoms with Crippen molar-refractivity contribution < 1.29 is 40.5 Å². The molecule has 0 bridgehead atoms. The maximum absolute atomic E-state index is 11.7. The van der Waals surface area contributed by atoms with Crippen LogP contribution >= 0.6 is 0 Å². The van der Waals surface area contributed by atoms with Crippen molar-refractivity contribution in [2.75, 3.05) is 13.2 Å². The molecule has 0 aromatic heterocycles. The fourth-order valence-electron chi connectivity index (χ4n) is 3.81. The number of ether oxygens (including phenoxy) is 1. The van der Waals surface area contributed by atoms with Crippen molar-refractivity contribution in [3.63, 3.8) is 0 Å². The maximum Gasteiger partial charge on any atom is 1.00 e. The maximum atomic E-state index is 11.7. The van der Waals surface area contributed by atoms with Gasteiger partial charge in [-0.1, -0.05) is 103 Å². The Morgan fingerprint density at radius 3 is 1.67 bits per heavy atom. The average molecular weight is 392 g/mol. The summed E-state index contributed by atoms with van der Waals surface area (Å²) in [6, 6.07) is -0.0314. The summed E-state index contributed by atoms with van der Waals surface area (Å²) in [5, 5.41) is 3.19. The van der Waals surface area contributed by atoms with Gasteiger partial charge in [-0.2, -0.15) is 0 Å². The van der Waals surface area contributed by atoms with Gasteiger partial charge in [0.25, 0.3) is 0 Å². The quantitative estimate of drug-likeness (QED) is 0.220. The molecule has 0 unspecified atom stereocenters. The van der Waals surface area contributed by atoms with Crippen molar-refractivity contribution in [3.8, 4) is 0 Å². The van der Waals surface area contributed by atoms with E-state index in [2.05, 4.69) is 12.2 Å². The van der Waals surface area contributed by atoms with Crippen molar-refractivity contribution in [2.45, 2.75) is 129 Å². The zero-order chi connectivity index (χ0) is 18.7. The van der Waals surface area contributed by atoms with Crippen molar-refractivity contribution in [1.29, 1.82) is 0 Å². The van der Waals surface area contributed by atoms with Crippen LogP contribution in [0.4, 0.5) is 0 Å². The summed E-state index contributed by atoms with van der Waals surface area (Å²) in [5.41, 5.74) is 0. The second-order valence-corrected chi connectivity index (χ2v) is 8.12. The number of carbonyl (C=O) groups is 1. The summed E-state index contributed by atoms with van der Waals surface area (Å²) in [6.45, 7) is 3.85. The summed E-state index contributed by atoms with van der Waals surface area (Å²) in [6.07, 6.45) is 24.0.